The fourth-order valence-electron chi connectivity index (χ4n) is 4.41. The Balaban J connectivity index is 1.58. The van der Waals surface area contributed by atoms with Gasteiger partial charge in [0.25, 0.3) is 0 Å². The maximum absolute atomic E-state index is 6.48. The zero-order valence-electron chi connectivity index (χ0n) is 13.0. The zero-order valence-corrected chi connectivity index (χ0v) is 13.0. The minimum Gasteiger partial charge on any atom is -0.370 e. The van der Waals surface area contributed by atoms with Crippen molar-refractivity contribution >= 4 is 10.9 Å². The van der Waals surface area contributed by atoms with Gasteiger partial charge in [0.1, 0.15) is 0 Å². The van der Waals surface area contributed by atoms with Crippen LogP contribution in [0.1, 0.15) is 51.0 Å². The first kappa shape index (κ1) is 13.4. The highest BCUT2D eigenvalue weighted by Gasteiger charge is 2.42. The Morgan fingerprint density at radius 1 is 1.19 bits per heavy atom. The van der Waals surface area contributed by atoms with Crippen molar-refractivity contribution in [3.05, 3.63) is 36.0 Å². The van der Waals surface area contributed by atoms with Crippen molar-refractivity contribution in [3.8, 4) is 0 Å². The Hall–Kier alpha value is -1.28. The maximum Gasteiger partial charge on any atom is 0.0762 e. The molecule has 0 N–H and O–H groups in total. The number of para-hydroxylation sites is 1. The third-order valence-corrected chi connectivity index (χ3v) is 5.51. The molecule has 0 bridgehead atoms. The molecule has 1 spiro atoms. The number of hydrogen-bond acceptors (Lipinski definition) is 1. The van der Waals surface area contributed by atoms with Crippen LogP contribution in [0, 0.1) is 0 Å². The molecule has 1 aromatic carbocycles. The van der Waals surface area contributed by atoms with Crippen LogP contribution in [-0.4, -0.2) is 16.3 Å². The third kappa shape index (κ3) is 2.30. The van der Waals surface area contributed by atoms with Crippen LogP contribution in [0.4, 0.5) is 0 Å². The van der Waals surface area contributed by atoms with Crippen LogP contribution < -0.4 is 0 Å². The van der Waals surface area contributed by atoms with Crippen LogP contribution in [0.15, 0.2) is 30.5 Å². The predicted octanol–water partition coefficient (Wildman–Crippen LogP) is 4.70. The molecule has 2 heterocycles. The van der Waals surface area contributed by atoms with Crippen molar-refractivity contribution in [2.24, 2.45) is 0 Å². The summed E-state index contributed by atoms with van der Waals surface area (Å²) >= 11 is 0. The number of nitrogens with zero attached hydrogens (tertiary/aromatic N) is 1. The highest BCUT2D eigenvalue weighted by molar-refractivity contribution is 5.83. The van der Waals surface area contributed by atoms with Crippen molar-refractivity contribution < 1.29 is 4.74 Å². The Morgan fingerprint density at radius 3 is 2.86 bits per heavy atom. The summed E-state index contributed by atoms with van der Waals surface area (Å²) in [5, 5.41) is 1.36. The van der Waals surface area contributed by atoms with Gasteiger partial charge < -0.3 is 9.30 Å². The van der Waals surface area contributed by atoms with Crippen LogP contribution in [-0.2, 0) is 17.7 Å². The summed E-state index contributed by atoms with van der Waals surface area (Å²) in [6, 6.07) is 8.89. The number of aromatic nitrogens is 1. The van der Waals surface area contributed by atoms with Crippen LogP contribution in [0.5, 0.6) is 0 Å². The van der Waals surface area contributed by atoms with Gasteiger partial charge >= 0.3 is 0 Å². The van der Waals surface area contributed by atoms with Gasteiger partial charge in [-0.1, -0.05) is 38.0 Å². The molecule has 21 heavy (non-hydrogen) atoms. The van der Waals surface area contributed by atoms with Gasteiger partial charge in [0.2, 0.25) is 0 Å². The summed E-state index contributed by atoms with van der Waals surface area (Å²) in [6.07, 6.45) is 11.5. The summed E-state index contributed by atoms with van der Waals surface area (Å²) in [5.41, 5.74) is 3.11. The van der Waals surface area contributed by atoms with Crippen LogP contribution in [0.25, 0.3) is 10.9 Å². The zero-order chi connectivity index (χ0) is 14.3. The molecule has 2 aromatic rings. The van der Waals surface area contributed by atoms with Gasteiger partial charge in [0, 0.05) is 12.7 Å². The Kier molecular flexibility index (Phi) is 3.30. The Morgan fingerprint density at radius 2 is 2.05 bits per heavy atom. The molecule has 1 aromatic heterocycles. The third-order valence-electron chi connectivity index (χ3n) is 5.51. The monoisotopic (exact) mass is 283 g/mol. The predicted molar refractivity (Wildman–Crippen MR) is 86.6 cm³/mol. The molecule has 2 aliphatic rings. The second kappa shape index (κ2) is 5.17. The molecule has 2 nitrogen and oxygen atoms in total. The lowest BCUT2D eigenvalue weighted by atomic mass is 9.98. The van der Waals surface area contributed by atoms with Crippen molar-refractivity contribution in [1.29, 1.82) is 0 Å². The highest BCUT2D eigenvalue weighted by atomic mass is 16.5. The molecule has 2 fully saturated rings. The molecule has 1 unspecified atom stereocenters. The summed E-state index contributed by atoms with van der Waals surface area (Å²) in [7, 11) is 0. The molecule has 1 atom stereocenters. The molecule has 1 aliphatic heterocycles. The summed E-state index contributed by atoms with van der Waals surface area (Å²) in [6.45, 7) is 3.26. The fourth-order valence-corrected chi connectivity index (χ4v) is 4.41. The van der Waals surface area contributed by atoms with E-state index in [-0.39, 0.29) is 5.60 Å². The van der Waals surface area contributed by atoms with Crippen molar-refractivity contribution in [1.82, 2.24) is 4.57 Å². The number of rotatable bonds is 3. The van der Waals surface area contributed by atoms with Gasteiger partial charge in [-0.05, 0) is 49.1 Å². The lowest BCUT2D eigenvalue weighted by Crippen LogP contribution is -2.26. The topological polar surface area (TPSA) is 14.2 Å². The smallest absolute Gasteiger partial charge is 0.0762 e. The van der Waals surface area contributed by atoms with E-state index in [9.17, 15) is 0 Å². The van der Waals surface area contributed by atoms with Gasteiger partial charge in [-0.15, -0.1) is 0 Å². The number of aryl methyl sites for hydroxylation is 1. The van der Waals surface area contributed by atoms with Crippen molar-refractivity contribution in [3.63, 3.8) is 0 Å². The first-order valence-corrected chi connectivity index (χ1v) is 8.54. The minimum absolute atomic E-state index is 0.251. The van der Waals surface area contributed by atoms with Gasteiger partial charge in [-0.2, -0.15) is 0 Å². The second-order valence-electron chi connectivity index (χ2n) is 6.85. The standard InChI is InChI=1S/C19H25NO/c1-2-15-6-5-7-16-9-13-20(18(15)16)14-17-8-12-19(21-17)10-3-4-11-19/h5-7,9,13,17H,2-4,8,10-12,14H2,1H3. The van der Waals surface area contributed by atoms with Crippen molar-refractivity contribution in [2.45, 2.75) is 70.1 Å². The molecule has 1 saturated carbocycles. The van der Waals surface area contributed by atoms with E-state index in [0.717, 1.165) is 13.0 Å². The lowest BCUT2D eigenvalue weighted by Gasteiger charge is -2.24. The normalized spacial score (nSPS) is 24.3. The highest BCUT2D eigenvalue weighted by Crippen LogP contribution is 2.43. The summed E-state index contributed by atoms with van der Waals surface area (Å²) in [5.74, 6) is 0. The van der Waals surface area contributed by atoms with E-state index in [2.05, 4.69) is 42.0 Å². The van der Waals surface area contributed by atoms with Gasteiger partial charge in [-0.25, -0.2) is 0 Å². The quantitative estimate of drug-likeness (QED) is 0.796. The molecular formula is C19H25NO. The van der Waals surface area contributed by atoms with E-state index in [1.807, 2.05) is 0 Å². The fraction of sp³-hybridized carbons (Fsp3) is 0.579. The van der Waals surface area contributed by atoms with Crippen LogP contribution in [0.3, 0.4) is 0 Å². The van der Waals surface area contributed by atoms with Gasteiger partial charge in [0.15, 0.2) is 0 Å². The molecule has 1 saturated heterocycles. The average molecular weight is 283 g/mol. The molecule has 4 rings (SSSR count). The molecule has 0 radical (unpaired) electrons. The molecule has 1 aliphatic carbocycles. The van der Waals surface area contributed by atoms with E-state index in [0.29, 0.717) is 6.10 Å². The largest absolute Gasteiger partial charge is 0.370 e. The maximum atomic E-state index is 6.48. The molecule has 112 valence electrons. The second-order valence-corrected chi connectivity index (χ2v) is 6.85. The minimum atomic E-state index is 0.251. The number of hydrogen-bond donors (Lipinski definition) is 0. The Labute approximate surface area is 127 Å². The summed E-state index contributed by atoms with van der Waals surface area (Å²) < 4.78 is 8.91. The van der Waals surface area contributed by atoms with E-state index in [1.54, 1.807) is 0 Å². The van der Waals surface area contributed by atoms with E-state index in [1.165, 1.54) is 55.0 Å². The number of benzene rings is 1. The molecule has 2 heteroatoms. The molecule has 0 amide bonds. The van der Waals surface area contributed by atoms with Crippen LogP contribution >= 0.6 is 0 Å². The first-order chi connectivity index (χ1) is 10.3. The number of fused-ring (bicyclic) bond motifs is 1. The first-order valence-electron chi connectivity index (χ1n) is 8.54. The van der Waals surface area contributed by atoms with Crippen molar-refractivity contribution in [2.75, 3.05) is 0 Å². The average Bonchev–Trinajstić information content (AvgIpc) is 3.22. The summed E-state index contributed by atoms with van der Waals surface area (Å²) in [4.78, 5) is 0. The lowest BCUT2D eigenvalue weighted by molar-refractivity contribution is -0.0414. The number of ether oxygens (including phenoxy) is 1. The van der Waals surface area contributed by atoms with E-state index >= 15 is 0 Å². The van der Waals surface area contributed by atoms with Crippen LogP contribution in [0.2, 0.25) is 0 Å². The molecular weight excluding hydrogens is 258 g/mol. The van der Waals surface area contributed by atoms with Gasteiger partial charge in [-0.3, -0.25) is 0 Å². The van der Waals surface area contributed by atoms with E-state index < -0.39 is 0 Å². The van der Waals surface area contributed by atoms with Gasteiger partial charge in [0.05, 0.1) is 17.2 Å². The van der Waals surface area contributed by atoms with E-state index in [4.69, 9.17) is 4.74 Å². The Bertz CT molecular complexity index is 636. The SMILES string of the molecule is CCc1cccc2ccn(CC3CCC4(CCCC4)O3)c12.